The van der Waals surface area contributed by atoms with Crippen molar-refractivity contribution in [2.45, 2.75) is 26.7 Å². The van der Waals surface area contributed by atoms with Gasteiger partial charge in [-0.05, 0) is 30.0 Å². The number of nitrogen functional groups attached to an aromatic ring is 1. The Morgan fingerprint density at radius 3 is 2.46 bits per heavy atom. The van der Waals surface area contributed by atoms with Gasteiger partial charge in [-0.25, -0.2) is 0 Å². The van der Waals surface area contributed by atoms with Crippen molar-refractivity contribution in [2.24, 2.45) is 0 Å². The zero-order chi connectivity index (χ0) is 10.0. The maximum Gasteiger partial charge on any atom is 0.0405 e. The lowest BCUT2D eigenvalue weighted by Gasteiger charge is -2.13. The van der Waals surface area contributed by atoms with Crippen LogP contribution in [-0.2, 0) is 0 Å². The molecule has 0 aliphatic carbocycles. The lowest BCUT2D eigenvalue weighted by Crippen LogP contribution is -2.01. The van der Waals surface area contributed by atoms with Crippen LogP contribution < -0.4 is 5.73 Å². The van der Waals surface area contributed by atoms with Crippen LogP contribution in [0, 0.1) is 12.3 Å². The molecule has 0 heterocycles. The van der Waals surface area contributed by atoms with Crippen LogP contribution in [0.2, 0.25) is 0 Å². The van der Waals surface area contributed by atoms with Gasteiger partial charge in [-0.1, -0.05) is 19.9 Å². The Hall–Kier alpha value is -1.31. The third kappa shape index (κ3) is 1.72. The SMILES string of the molecule is Cc1c(C(C)C)ccc(N)c1C=N. The smallest absolute Gasteiger partial charge is 0.0405 e. The molecule has 0 atom stereocenters. The number of hydrogen-bond donors (Lipinski definition) is 2. The fraction of sp³-hybridized carbons (Fsp3) is 0.364. The van der Waals surface area contributed by atoms with E-state index in [1.807, 2.05) is 19.1 Å². The molecule has 2 heteroatoms. The van der Waals surface area contributed by atoms with Crippen molar-refractivity contribution < 1.29 is 0 Å². The van der Waals surface area contributed by atoms with Gasteiger partial charge >= 0.3 is 0 Å². The Morgan fingerprint density at radius 2 is 2.00 bits per heavy atom. The molecule has 1 aromatic carbocycles. The van der Waals surface area contributed by atoms with E-state index in [0.29, 0.717) is 11.6 Å². The summed E-state index contributed by atoms with van der Waals surface area (Å²) in [6.07, 6.45) is 1.33. The highest BCUT2D eigenvalue weighted by Gasteiger charge is 2.08. The Balaban J connectivity index is 3.35. The minimum absolute atomic E-state index is 0.485. The Morgan fingerprint density at radius 1 is 1.38 bits per heavy atom. The molecule has 0 aliphatic heterocycles. The van der Waals surface area contributed by atoms with Gasteiger partial charge in [-0.3, -0.25) is 0 Å². The predicted octanol–water partition coefficient (Wildman–Crippen LogP) is 2.70. The van der Waals surface area contributed by atoms with Crippen LogP contribution in [-0.4, -0.2) is 6.21 Å². The second-order valence-electron chi connectivity index (χ2n) is 3.58. The van der Waals surface area contributed by atoms with Crippen molar-refractivity contribution >= 4 is 11.9 Å². The number of hydrogen-bond acceptors (Lipinski definition) is 2. The van der Waals surface area contributed by atoms with E-state index in [1.54, 1.807) is 0 Å². The topological polar surface area (TPSA) is 49.9 Å². The number of rotatable bonds is 2. The van der Waals surface area contributed by atoms with E-state index in [1.165, 1.54) is 11.8 Å². The molecule has 0 radical (unpaired) electrons. The summed E-state index contributed by atoms with van der Waals surface area (Å²) in [6, 6.07) is 3.92. The third-order valence-electron chi connectivity index (χ3n) is 2.36. The summed E-state index contributed by atoms with van der Waals surface area (Å²) in [7, 11) is 0. The Labute approximate surface area is 79.3 Å². The summed E-state index contributed by atoms with van der Waals surface area (Å²) in [5.74, 6) is 0.485. The van der Waals surface area contributed by atoms with Gasteiger partial charge in [0.05, 0.1) is 0 Å². The van der Waals surface area contributed by atoms with Crippen LogP contribution >= 0.6 is 0 Å². The first kappa shape index (κ1) is 9.78. The highest BCUT2D eigenvalue weighted by molar-refractivity contribution is 5.87. The Bertz CT molecular complexity index is 327. The van der Waals surface area contributed by atoms with Gasteiger partial charge in [0.15, 0.2) is 0 Å². The van der Waals surface area contributed by atoms with Gasteiger partial charge in [-0.2, -0.15) is 0 Å². The highest BCUT2D eigenvalue weighted by atomic mass is 14.6. The molecular weight excluding hydrogens is 160 g/mol. The molecule has 0 saturated heterocycles. The number of anilines is 1. The van der Waals surface area contributed by atoms with Crippen LogP contribution in [0.5, 0.6) is 0 Å². The van der Waals surface area contributed by atoms with Crippen molar-refractivity contribution in [3.8, 4) is 0 Å². The second kappa shape index (κ2) is 3.60. The summed E-state index contributed by atoms with van der Waals surface area (Å²) in [5.41, 5.74) is 9.69. The van der Waals surface area contributed by atoms with Crippen molar-refractivity contribution in [2.75, 3.05) is 5.73 Å². The first-order valence-electron chi connectivity index (χ1n) is 4.47. The molecule has 3 N–H and O–H groups in total. The van der Waals surface area contributed by atoms with E-state index in [-0.39, 0.29) is 0 Å². The van der Waals surface area contributed by atoms with Gasteiger partial charge < -0.3 is 11.1 Å². The predicted molar refractivity (Wildman–Crippen MR) is 57.6 cm³/mol. The van der Waals surface area contributed by atoms with E-state index in [0.717, 1.165) is 11.1 Å². The summed E-state index contributed by atoms with van der Waals surface area (Å²) in [5, 5.41) is 7.26. The summed E-state index contributed by atoms with van der Waals surface area (Å²) < 4.78 is 0. The molecule has 1 rings (SSSR count). The lowest BCUT2D eigenvalue weighted by atomic mass is 9.94. The summed E-state index contributed by atoms with van der Waals surface area (Å²) >= 11 is 0. The molecule has 1 aromatic rings. The molecule has 0 amide bonds. The largest absolute Gasteiger partial charge is 0.398 e. The first-order valence-corrected chi connectivity index (χ1v) is 4.47. The monoisotopic (exact) mass is 176 g/mol. The maximum absolute atomic E-state index is 7.26. The fourth-order valence-electron chi connectivity index (χ4n) is 1.58. The normalized spacial score (nSPS) is 10.5. The van der Waals surface area contributed by atoms with Gasteiger partial charge in [-0.15, -0.1) is 0 Å². The van der Waals surface area contributed by atoms with Crippen LogP contribution in [0.1, 0.15) is 36.5 Å². The zero-order valence-corrected chi connectivity index (χ0v) is 8.39. The molecule has 0 bridgehead atoms. The minimum atomic E-state index is 0.485. The Kier molecular flexibility index (Phi) is 2.71. The molecule has 2 nitrogen and oxygen atoms in total. The molecule has 0 aliphatic rings. The molecule has 0 fully saturated rings. The van der Waals surface area contributed by atoms with Crippen molar-refractivity contribution in [3.05, 3.63) is 28.8 Å². The average Bonchev–Trinajstić information content (AvgIpc) is 2.04. The van der Waals surface area contributed by atoms with E-state index in [4.69, 9.17) is 11.1 Å². The van der Waals surface area contributed by atoms with Gasteiger partial charge in [0.1, 0.15) is 0 Å². The molecule has 0 saturated carbocycles. The standard InChI is InChI=1S/C11H16N2/c1-7(2)9-4-5-11(13)10(6-12)8(9)3/h4-7,12H,13H2,1-3H3. The van der Waals surface area contributed by atoms with Gasteiger partial charge in [0.25, 0.3) is 0 Å². The van der Waals surface area contributed by atoms with Crippen molar-refractivity contribution in [1.29, 1.82) is 5.41 Å². The fourth-order valence-corrected chi connectivity index (χ4v) is 1.58. The van der Waals surface area contributed by atoms with E-state index < -0.39 is 0 Å². The average molecular weight is 176 g/mol. The number of nitrogens with two attached hydrogens (primary N) is 1. The molecule has 13 heavy (non-hydrogen) atoms. The summed E-state index contributed by atoms with van der Waals surface area (Å²) in [6.45, 7) is 6.31. The first-order chi connectivity index (χ1) is 6.07. The highest BCUT2D eigenvalue weighted by Crippen LogP contribution is 2.24. The molecule has 0 aromatic heterocycles. The molecular formula is C11H16N2. The van der Waals surface area contributed by atoms with Crippen molar-refractivity contribution in [1.82, 2.24) is 0 Å². The van der Waals surface area contributed by atoms with Gasteiger partial charge in [0.2, 0.25) is 0 Å². The van der Waals surface area contributed by atoms with E-state index in [9.17, 15) is 0 Å². The van der Waals surface area contributed by atoms with Crippen LogP contribution in [0.4, 0.5) is 5.69 Å². The lowest BCUT2D eigenvalue weighted by molar-refractivity contribution is 0.856. The zero-order valence-electron chi connectivity index (χ0n) is 8.39. The van der Waals surface area contributed by atoms with Crippen LogP contribution in [0.25, 0.3) is 0 Å². The van der Waals surface area contributed by atoms with Crippen LogP contribution in [0.3, 0.4) is 0 Å². The number of nitrogens with one attached hydrogen (secondary N) is 1. The maximum atomic E-state index is 7.26. The molecule has 0 unspecified atom stereocenters. The van der Waals surface area contributed by atoms with E-state index in [2.05, 4.69) is 13.8 Å². The van der Waals surface area contributed by atoms with Crippen LogP contribution in [0.15, 0.2) is 12.1 Å². The summed E-state index contributed by atoms with van der Waals surface area (Å²) in [4.78, 5) is 0. The minimum Gasteiger partial charge on any atom is -0.398 e. The molecule has 70 valence electrons. The number of benzene rings is 1. The third-order valence-corrected chi connectivity index (χ3v) is 2.36. The second-order valence-corrected chi connectivity index (χ2v) is 3.58. The van der Waals surface area contributed by atoms with Gasteiger partial charge in [0, 0.05) is 17.5 Å². The van der Waals surface area contributed by atoms with E-state index >= 15 is 0 Å². The quantitative estimate of drug-likeness (QED) is 0.528. The molecule has 0 spiro atoms. The van der Waals surface area contributed by atoms with Crippen molar-refractivity contribution in [3.63, 3.8) is 0 Å².